The molecule has 0 aliphatic heterocycles. The van der Waals surface area contributed by atoms with Gasteiger partial charge in [-0.05, 0) is 34.5 Å². The molecule has 3 aromatic carbocycles. The van der Waals surface area contributed by atoms with Crippen molar-refractivity contribution >= 4 is 10.8 Å². The van der Waals surface area contributed by atoms with E-state index in [1.807, 2.05) is 30.3 Å². The summed E-state index contributed by atoms with van der Waals surface area (Å²) in [5.74, 6) is -0.149. The summed E-state index contributed by atoms with van der Waals surface area (Å²) in [5.41, 5.74) is 7.67. The van der Waals surface area contributed by atoms with Gasteiger partial charge in [-0.1, -0.05) is 42.5 Å². The monoisotopic (exact) mass is 267 g/mol. The lowest BCUT2D eigenvalue weighted by molar-refractivity contribution is 0.466. The number of benzene rings is 3. The van der Waals surface area contributed by atoms with Crippen molar-refractivity contribution in [1.29, 1.82) is 0 Å². The predicted octanol–water partition coefficient (Wildman–Crippen LogP) is 3.73. The normalized spacial score (nSPS) is 12.5. The van der Waals surface area contributed by atoms with E-state index in [9.17, 15) is 9.50 Å². The smallest absolute Gasteiger partial charge is 0.123 e. The molecule has 0 spiro atoms. The van der Waals surface area contributed by atoms with Gasteiger partial charge in [0.25, 0.3) is 0 Å². The second-order valence-corrected chi connectivity index (χ2v) is 4.75. The quantitative estimate of drug-likeness (QED) is 0.743. The maximum Gasteiger partial charge on any atom is 0.123 e. The number of nitrogens with two attached hydrogens (primary N) is 1. The first-order chi connectivity index (χ1) is 9.66. The largest absolute Gasteiger partial charge is 0.508 e. The van der Waals surface area contributed by atoms with Crippen molar-refractivity contribution in [3.63, 3.8) is 0 Å². The van der Waals surface area contributed by atoms with Crippen LogP contribution in [-0.2, 0) is 0 Å². The van der Waals surface area contributed by atoms with Crippen LogP contribution in [0.4, 0.5) is 4.39 Å². The lowest BCUT2D eigenvalue weighted by Crippen LogP contribution is -2.12. The number of hydrogen-bond acceptors (Lipinski definition) is 2. The second kappa shape index (κ2) is 4.94. The van der Waals surface area contributed by atoms with E-state index >= 15 is 0 Å². The molecule has 0 saturated carbocycles. The highest BCUT2D eigenvalue weighted by molar-refractivity contribution is 5.88. The fraction of sp³-hybridized carbons (Fsp3) is 0.0588. The van der Waals surface area contributed by atoms with Crippen LogP contribution < -0.4 is 5.73 Å². The van der Waals surface area contributed by atoms with Gasteiger partial charge in [0.2, 0.25) is 0 Å². The zero-order valence-corrected chi connectivity index (χ0v) is 10.8. The molecule has 1 unspecified atom stereocenters. The summed E-state index contributed by atoms with van der Waals surface area (Å²) in [5, 5.41) is 12.1. The van der Waals surface area contributed by atoms with E-state index in [4.69, 9.17) is 5.73 Å². The molecule has 20 heavy (non-hydrogen) atoms. The van der Waals surface area contributed by atoms with E-state index < -0.39 is 6.04 Å². The van der Waals surface area contributed by atoms with Gasteiger partial charge in [-0.2, -0.15) is 0 Å². The number of phenolic OH excluding ortho intramolecular Hbond substituents is 1. The number of rotatable bonds is 2. The van der Waals surface area contributed by atoms with Gasteiger partial charge in [-0.25, -0.2) is 4.39 Å². The highest BCUT2D eigenvalue weighted by atomic mass is 19.1. The molecule has 0 bridgehead atoms. The summed E-state index contributed by atoms with van der Waals surface area (Å²) in [6.45, 7) is 0. The lowest BCUT2D eigenvalue weighted by atomic mass is 9.93. The number of phenols is 1. The molecule has 0 saturated heterocycles. The van der Waals surface area contributed by atoms with Crippen molar-refractivity contribution in [3.8, 4) is 5.75 Å². The Bertz CT molecular complexity index is 753. The molecule has 0 heterocycles. The van der Waals surface area contributed by atoms with Crippen molar-refractivity contribution in [3.05, 3.63) is 77.6 Å². The molecule has 3 rings (SSSR count). The standard InChI is InChI=1S/C17H14FNO/c18-13-8-5-12(6-9-13)17(19)16-14-4-2-1-3-11(14)7-10-15(16)20/h1-10,17,20H,19H2. The number of halogens is 1. The van der Waals surface area contributed by atoms with E-state index in [2.05, 4.69) is 0 Å². The van der Waals surface area contributed by atoms with Crippen LogP contribution in [0.1, 0.15) is 17.2 Å². The van der Waals surface area contributed by atoms with Gasteiger partial charge in [0.05, 0.1) is 6.04 Å². The molecule has 100 valence electrons. The minimum atomic E-state index is -0.498. The molecule has 0 amide bonds. The average molecular weight is 267 g/mol. The van der Waals surface area contributed by atoms with Gasteiger partial charge in [0.1, 0.15) is 11.6 Å². The first kappa shape index (κ1) is 12.6. The van der Waals surface area contributed by atoms with Crippen molar-refractivity contribution in [2.75, 3.05) is 0 Å². The second-order valence-electron chi connectivity index (χ2n) is 4.75. The Labute approximate surface area is 116 Å². The molecule has 3 heteroatoms. The summed E-state index contributed by atoms with van der Waals surface area (Å²) in [4.78, 5) is 0. The van der Waals surface area contributed by atoms with Gasteiger partial charge >= 0.3 is 0 Å². The van der Waals surface area contributed by atoms with Crippen LogP contribution in [0.3, 0.4) is 0 Å². The van der Waals surface area contributed by atoms with E-state index in [0.717, 1.165) is 16.3 Å². The molecule has 0 fully saturated rings. The molecule has 1 atom stereocenters. The summed E-state index contributed by atoms with van der Waals surface area (Å²) in [6, 6.07) is 16.8. The van der Waals surface area contributed by atoms with Crippen LogP contribution in [0, 0.1) is 5.82 Å². The Hall–Kier alpha value is -2.39. The van der Waals surface area contributed by atoms with Crippen molar-refractivity contribution in [1.82, 2.24) is 0 Å². The molecule has 0 aromatic heterocycles. The van der Waals surface area contributed by atoms with Gasteiger partial charge < -0.3 is 10.8 Å². The Morgan fingerprint density at radius 1 is 0.900 bits per heavy atom. The van der Waals surface area contributed by atoms with E-state index in [1.165, 1.54) is 12.1 Å². The Morgan fingerprint density at radius 3 is 2.35 bits per heavy atom. The minimum absolute atomic E-state index is 0.153. The fourth-order valence-corrected chi connectivity index (χ4v) is 2.45. The topological polar surface area (TPSA) is 46.2 Å². The third-order valence-electron chi connectivity index (χ3n) is 3.49. The Morgan fingerprint density at radius 2 is 1.60 bits per heavy atom. The van der Waals surface area contributed by atoms with E-state index in [0.29, 0.717) is 5.56 Å². The van der Waals surface area contributed by atoms with E-state index in [1.54, 1.807) is 18.2 Å². The predicted molar refractivity (Wildman–Crippen MR) is 78.0 cm³/mol. The first-order valence-corrected chi connectivity index (χ1v) is 6.38. The number of aromatic hydroxyl groups is 1. The van der Waals surface area contributed by atoms with Crippen molar-refractivity contribution in [2.45, 2.75) is 6.04 Å². The minimum Gasteiger partial charge on any atom is -0.508 e. The highest BCUT2D eigenvalue weighted by Gasteiger charge is 2.16. The number of hydrogen-bond donors (Lipinski definition) is 2. The summed E-state index contributed by atoms with van der Waals surface area (Å²) in [7, 11) is 0. The molecule has 3 aromatic rings. The summed E-state index contributed by atoms with van der Waals surface area (Å²) < 4.78 is 13.0. The summed E-state index contributed by atoms with van der Waals surface area (Å²) in [6.07, 6.45) is 0. The zero-order valence-electron chi connectivity index (χ0n) is 10.8. The van der Waals surface area contributed by atoms with Gasteiger partial charge in [-0.3, -0.25) is 0 Å². The number of fused-ring (bicyclic) bond motifs is 1. The zero-order chi connectivity index (χ0) is 14.1. The molecular weight excluding hydrogens is 253 g/mol. The van der Waals surface area contributed by atoms with Crippen LogP contribution in [0.2, 0.25) is 0 Å². The van der Waals surface area contributed by atoms with Gasteiger partial charge in [-0.15, -0.1) is 0 Å². The molecule has 0 aliphatic carbocycles. The Kier molecular flexibility index (Phi) is 3.12. The van der Waals surface area contributed by atoms with Gasteiger partial charge in [0.15, 0.2) is 0 Å². The first-order valence-electron chi connectivity index (χ1n) is 6.38. The third-order valence-corrected chi connectivity index (χ3v) is 3.49. The maximum atomic E-state index is 13.0. The van der Waals surface area contributed by atoms with E-state index in [-0.39, 0.29) is 11.6 Å². The van der Waals surface area contributed by atoms with Crippen LogP contribution in [0.5, 0.6) is 5.75 Å². The highest BCUT2D eigenvalue weighted by Crippen LogP contribution is 2.34. The molecule has 0 aliphatic rings. The van der Waals surface area contributed by atoms with Crippen molar-refractivity contribution < 1.29 is 9.50 Å². The van der Waals surface area contributed by atoms with Crippen molar-refractivity contribution in [2.24, 2.45) is 5.73 Å². The van der Waals surface area contributed by atoms with Crippen LogP contribution in [0.15, 0.2) is 60.7 Å². The molecule has 0 radical (unpaired) electrons. The lowest BCUT2D eigenvalue weighted by Gasteiger charge is -2.17. The van der Waals surface area contributed by atoms with Crippen LogP contribution in [-0.4, -0.2) is 5.11 Å². The molecular formula is C17H14FNO. The SMILES string of the molecule is NC(c1ccc(F)cc1)c1c(O)ccc2ccccc12. The summed E-state index contributed by atoms with van der Waals surface area (Å²) >= 11 is 0. The Balaban J connectivity index is 2.18. The van der Waals surface area contributed by atoms with Crippen LogP contribution in [0.25, 0.3) is 10.8 Å². The van der Waals surface area contributed by atoms with Gasteiger partial charge in [0, 0.05) is 5.56 Å². The third kappa shape index (κ3) is 2.12. The molecule has 2 nitrogen and oxygen atoms in total. The fourth-order valence-electron chi connectivity index (χ4n) is 2.45. The average Bonchev–Trinajstić information content (AvgIpc) is 2.47. The molecule has 3 N–H and O–H groups in total. The van der Waals surface area contributed by atoms with Crippen LogP contribution >= 0.6 is 0 Å². The maximum absolute atomic E-state index is 13.0.